The Labute approximate surface area is 229 Å². The highest BCUT2D eigenvalue weighted by Crippen LogP contribution is 2.41. The first-order valence-corrected chi connectivity index (χ1v) is 13.4. The number of benzene rings is 1. The Hall–Kier alpha value is -3.71. The Balaban J connectivity index is 1.36. The predicted molar refractivity (Wildman–Crippen MR) is 145 cm³/mol. The second-order valence-electron chi connectivity index (χ2n) is 10.3. The summed E-state index contributed by atoms with van der Waals surface area (Å²) >= 11 is 0. The number of fused-ring (bicyclic) bond motifs is 1. The minimum atomic E-state index is -2.56. The molecule has 3 aromatic rings. The third kappa shape index (κ3) is 4.99. The molecule has 2 fully saturated rings. The molecule has 0 radical (unpaired) electrons. The number of likely N-dealkylation sites (tertiary alicyclic amines) is 1. The van der Waals surface area contributed by atoms with Crippen LogP contribution in [0.5, 0.6) is 5.88 Å². The lowest BCUT2D eigenvalue weighted by molar-refractivity contribution is -0.0794. The van der Waals surface area contributed by atoms with Gasteiger partial charge >= 0.3 is 0 Å². The second kappa shape index (κ2) is 11.0. The Morgan fingerprint density at radius 3 is 2.73 bits per heavy atom. The van der Waals surface area contributed by atoms with E-state index in [0.717, 1.165) is 36.2 Å². The van der Waals surface area contributed by atoms with Crippen LogP contribution >= 0.6 is 0 Å². The van der Waals surface area contributed by atoms with Gasteiger partial charge in [-0.2, -0.15) is 10.1 Å². The van der Waals surface area contributed by atoms with E-state index >= 15 is 4.39 Å². The Morgan fingerprint density at radius 2 is 2.10 bits per heavy atom. The van der Waals surface area contributed by atoms with Crippen LogP contribution in [0.2, 0.25) is 0 Å². The Morgan fingerprint density at radius 1 is 1.27 bits per heavy atom. The first-order chi connectivity index (χ1) is 19.4. The molecule has 1 aromatic carbocycles. The Bertz CT molecular complexity index is 1440. The number of ether oxygens (including phenoxy) is 2. The number of aromatic nitrogens is 3. The maximum Gasteiger partial charge on any atom is 0.255 e. The molecule has 40 heavy (non-hydrogen) atoms. The number of methoxy groups -OCH3 is 1. The van der Waals surface area contributed by atoms with Crippen LogP contribution in [0.15, 0.2) is 35.5 Å². The monoisotopic (exact) mass is 556 g/mol. The van der Waals surface area contributed by atoms with Crippen molar-refractivity contribution in [2.75, 3.05) is 50.6 Å². The van der Waals surface area contributed by atoms with Crippen LogP contribution in [0.3, 0.4) is 0 Å². The third-order valence-electron chi connectivity index (χ3n) is 7.81. The van der Waals surface area contributed by atoms with Gasteiger partial charge in [-0.25, -0.2) is 23.2 Å². The molecule has 0 unspecified atom stereocenters. The molecule has 0 bridgehead atoms. The lowest BCUT2D eigenvalue weighted by Crippen LogP contribution is -2.57. The minimum absolute atomic E-state index is 0.251. The van der Waals surface area contributed by atoms with Gasteiger partial charge in [0.15, 0.2) is 0 Å². The van der Waals surface area contributed by atoms with Crippen molar-refractivity contribution in [3.05, 3.63) is 36.0 Å². The number of halogens is 3. The fourth-order valence-electron chi connectivity index (χ4n) is 5.40. The van der Waals surface area contributed by atoms with Crippen molar-refractivity contribution in [1.29, 1.82) is 5.53 Å². The zero-order chi connectivity index (χ0) is 27.8. The number of hydrogen-bond acceptors (Lipinski definition) is 9. The molecule has 3 N–H and O–H groups in total. The van der Waals surface area contributed by atoms with Gasteiger partial charge in [0.1, 0.15) is 17.4 Å². The summed E-state index contributed by atoms with van der Waals surface area (Å²) in [6.07, 6.45) is 0.932. The van der Waals surface area contributed by atoms with Crippen LogP contribution in [0, 0.1) is 5.53 Å². The summed E-state index contributed by atoms with van der Waals surface area (Å²) in [6, 6.07) is 6.89. The van der Waals surface area contributed by atoms with Crippen LogP contribution in [-0.4, -0.2) is 84.1 Å². The van der Waals surface area contributed by atoms with Gasteiger partial charge < -0.3 is 20.1 Å². The molecular weight excluding hydrogens is 525 g/mol. The summed E-state index contributed by atoms with van der Waals surface area (Å²) in [5.41, 5.74) is 12.0. The quantitative estimate of drug-likeness (QED) is 0.296. The molecule has 3 aliphatic rings. The molecule has 4 heterocycles. The van der Waals surface area contributed by atoms with E-state index in [9.17, 15) is 8.78 Å². The van der Waals surface area contributed by atoms with Gasteiger partial charge in [0.2, 0.25) is 11.8 Å². The number of anilines is 2. The number of piperidine rings is 1. The molecule has 2 atom stereocenters. The van der Waals surface area contributed by atoms with E-state index in [0.29, 0.717) is 54.9 Å². The average Bonchev–Trinajstić information content (AvgIpc) is 3.25. The molecule has 6 rings (SSSR count). The molecule has 212 valence electrons. The predicted octanol–water partition coefficient (Wildman–Crippen LogP) is 5.14. The van der Waals surface area contributed by atoms with E-state index in [2.05, 4.69) is 31.7 Å². The number of allylic oxidation sites excluding steroid dienone is 2. The third-order valence-corrected chi connectivity index (χ3v) is 7.81. The minimum Gasteiger partial charge on any atom is -0.479 e. The summed E-state index contributed by atoms with van der Waals surface area (Å²) in [7, 11) is 1.51. The smallest absolute Gasteiger partial charge is 0.255 e. The summed E-state index contributed by atoms with van der Waals surface area (Å²) in [6.45, 7) is 1.84. The first-order valence-electron chi connectivity index (χ1n) is 13.4. The summed E-state index contributed by atoms with van der Waals surface area (Å²) in [4.78, 5) is 6.74. The van der Waals surface area contributed by atoms with Gasteiger partial charge in [0.25, 0.3) is 6.43 Å². The van der Waals surface area contributed by atoms with E-state index < -0.39 is 25.2 Å². The molecule has 0 amide bonds. The van der Waals surface area contributed by atoms with E-state index in [1.807, 2.05) is 6.07 Å². The van der Waals surface area contributed by atoms with E-state index in [-0.39, 0.29) is 11.6 Å². The lowest BCUT2D eigenvalue weighted by atomic mass is 9.95. The molecule has 0 spiro atoms. The highest BCUT2D eigenvalue weighted by Gasteiger charge is 2.36. The van der Waals surface area contributed by atoms with Crippen LogP contribution in [0.25, 0.3) is 22.2 Å². The second-order valence-corrected chi connectivity index (χ2v) is 10.3. The van der Waals surface area contributed by atoms with Crippen molar-refractivity contribution < 1.29 is 22.6 Å². The molecule has 13 heteroatoms. The van der Waals surface area contributed by atoms with Crippen molar-refractivity contribution in [2.45, 2.75) is 43.9 Å². The van der Waals surface area contributed by atoms with E-state index in [1.165, 1.54) is 7.11 Å². The maximum absolute atomic E-state index is 15.2. The zero-order valence-electron chi connectivity index (χ0n) is 22.0. The van der Waals surface area contributed by atoms with Gasteiger partial charge in [0.05, 0.1) is 50.3 Å². The van der Waals surface area contributed by atoms with Crippen molar-refractivity contribution in [3.63, 3.8) is 0 Å². The summed E-state index contributed by atoms with van der Waals surface area (Å²) in [5.74, 6) is 0.567. The highest BCUT2D eigenvalue weighted by atomic mass is 19.3. The topological polar surface area (TPSA) is 112 Å². The summed E-state index contributed by atoms with van der Waals surface area (Å²) < 4.78 is 53.7. The molecular formula is C27H31F3N8O2. The van der Waals surface area contributed by atoms with Gasteiger partial charge in [-0.05, 0) is 48.6 Å². The van der Waals surface area contributed by atoms with Gasteiger partial charge in [-0.15, -0.1) is 5.10 Å². The van der Waals surface area contributed by atoms with Crippen molar-refractivity contribution in [1.82, 2.24) is 19.5 Å². The van der Waals surface area contributed by atoms with Crippen molar-refractivity contribution in [2.24, 2.45) is 5.11 Å². The molecule has 10 nitrogen and oxygen atoms in total. The number of rotatable bonds is 10. The standard InChI is InChI=1S/C27H31F3N8O2/c1-39-26-25-18(16-5-6-21(35-31)22(9-16)32-11-24(29)30)10-23(15-3-2-4-15)38(25)36-27(34-26)33-20-7-8-37(12-19(20)28)17-13-40-14-17/h3,5-6,9-10,17,19-20,24,31-32H,2,4,7-8,11-14H2,1H3,(H,33,36)/t19-,20-/m0/s1. The number of alkyl halides is 3. The maximum atomic E-state index is 15.2. The molecule has 2 saturated heterocycles. The number of hydrogen-bond donors (Lipinski definition) is 3. The molecule has 2 aliphatic heterocycles. The van der Waals surface area contributed by atoms with Crippen molar-refractivity contribution in [3.8, 4) is 17.0 Å². The van der Waals surface area contributed by atoms with Crippen LogP contribution in [-0.2, 0) is 4.74 Å². The molecule has 0 saturated carbocycles. The largest absolute Gasteiger partial charge is 0.479 e. The number of nitrogens with zero attached hydrogens (tertiary/aromatic N) is 5. The Kier molecular flexibility index (Phi) is 7.32. The summed E-state index contributed by atoms with van der Waals surface area (Å²) in [5, 5.41) is 14.1. The molecule has 1 aliphatic carbocycles. The lowest BCUT2D eigenvalue weighted by Gasteiger charge is -2.42. The van der Waals surface area contributed by atoms with Crippen LogP contribution < -0.4 is 15.4 Å². The highest BCUT2D eigenvalue weighted by molar-refractivity contribution is 5.91. The van der Waals surface area contributed by atoms with Gasteiger partial charge in [-0.1, -0.05) is 12.1 Å². The number of nitrogens with one attached hydrogen (secondary N) is 3. The zero-order valence-corrected chi connectivity index (χ0v) is 22.0. The molecule has 2 aromatic heterocycles. The van der Waals surface area contributed by atoms with Crippen molar-refractivity contribution >= 4 is 28.4 Å². The fourth-order valence-corrected chi connectivity index (χ4v) is 5.40. The van der Waals surface area contributed by atoms with E-state index in [1.54, 1.807) is 22.7 Å². The van der Waals surface area contributed by atoms with Crippen LogP contribution in [0.1, 0.15) is 25.0 Å². The van der Waals surface area contributed by atoms with E-state index in [4.69, 9.17) is 20.1 Å². The van der Waals surface area contributed by atoms with Gasteiger partial charge in [0, 0.05) is 18.7 Å². The van der Waals surface area contributed by atoms with Crippen LogP contribution in [0.4, 0.5) is 30.5 Å². The van der Waals surface area contributed by atoms with Gasteiger partial charge in [-0.3, -0.25) is 4.90 Å². The SMILES string of the molecule is COc1nc(N[C@H]2CCN(C3COC3)C[C@@H]2F)nn2c(C3=CCC3)cc(-c3ccc(N=N)c(NCC(F)F)c3)c12. The first kappa shape index (κ1) is 26.5. The average molecular weight is 557 g/mol. The fraction of sp³-hybridized carbons (Fsp3) is 0.481. The normalized spacial score (nSPS) is 21.6.